The van der Waals surface area contributed by atoms with E-state index in [1.54, 1.807) is 18.5 Å². The fourth-order valence-electron chi connectivity index (χ4n) is 2.22. The van der Waals surface area contributed by atoms with Crippen LogP contribution in [0.3, 0.4) is 0 Å². The number of nitrogen functional groups attached to an aromatic ring is 1. The van der Waals surface area contributed by atoms with Crippen LogP contribution in [0.1, 0.15) is 6.92 Å². The highest BCUT2D eigenvalue weighted by Crippen LogP contribution is 2.25. The number of halogens is 1. The Morgan fingerprint density at radius 3 is 2.84 bits per heavy atom. The number of nitrogens with zero attached hydrogens (tertiary/aromatic N) is 3. The molecule has 19 heavy (non-hydrogen) atoms. The van der Waals surface area contributed by atoms with Gasteiger partial charge in [-0.1, -0.05) is 0 Å². The van der Waals surface area contributed by atoms with E-state index >= 15 is 0 Å². The zero-order valence-corrected chi connectivity index (χ0v) is 10.5. The quantitative estimate of drug-likeness (QED) is 0.767. The molecule has 0 radical (unpaired) electrons. The van der Waals surface area contributed by atoms with Gasteiger partial charge in [0.05, 0.1) is 16.7 Å². The normalized spacial score (nSPS) is 11.1. The van der Waals surface area contributed by atoms with Crippen molar-refractivity contribution >= 4 is 16.7 Å². The van der Waals surface area contributed by atoms with Gasteiger partial charge in [-0.3, -0.25) is 4.98 Å². The number of hydrogen-bond donors (Lipinski definition) is 1. The molecule has 2 heterocycles. The van der Waals surface area contributed by atoms with E-state index in [0.717, 1.165) is 23.4 Å². The molecule has 0 aliphatic rings. The molecule has 0 amide bonds. The molecule has 96 valence electrons. The highest BCUT2D eigenvalue weighted by atomic mass is 19.1. The minimum absolute atomic E-state index is 0.287. The Bertz CT molecular complexity index is 748. The molecule has 5 heteroatoms. The maximum absolute atomic E-state index is 13.3. The Morgan fingerprint density at radius 2 is 2.11 bits per heavy atom. The molecule has 2 aromatic heterocycles. The number of aromatic nitrogens is 3. The van der Waals surface area contributed by atoms with Gasteiger partial charge in [0.1, 0.15) is 11.6 Å². The molecule has 3 rings (SSSR count). The van der Waals surface area contributed by atoms with E-state index in [1.807, 2.05) is 17.6 Å². The number of imidazole rings is 1. The molecule has 2 N–H and O–H groups in total. The SMILES string of the molecule is CCn1c(-c2cncc(N)c2)nc2cc(F)ccc21. The highest BCUT2D eigenvalue weighted by molar-refractivity contribution is 5.81. The highest BCUT2D eigenvalue weighted by Gasteiger charge is 2.12. The Balaban J connectivity index is 2.28. The van der Waals surface area contributed by atoms with Crippen LogP contribution in [-0.2, 0) is 6.54 Å². The first-order valence-corrected chi connectivity index (χ1v) is 6.05. The van der Waals surface area contributed by atoms with Gasteiger partial charge in [0.15, 0.2) is 0 Å². The van der Waals surface area contributed by atoms with E-state index in [2.05, 4.69) is 9.97 Å². The van der Waals surface area contributed by atoms with Crippen molar-refractivity contribution in [2.24, 2.45) is 0 Å². The number of anilines is 1. The van der Waals surface area contributed by atoms with Crippen LogP contribution >= 0.6 is 0 Å². The molecule has 0 unspecified atom stereocenters. The van der Waals surface area contributed by atoms with E-state index in [0.29, 0.717) is 11.2 Å². The standard InChI is InChI=1S/C14H13FN4/c1-2-19-13-4-3-10(15)6-12(13)18-14(19)9-5-11(16)8-17-7-9/h3-8H,2,16H2,1H3. The molecule has 0 saturated carbocycles. The second kappa shape index (κ2) is 4.35. The summed E-state index contributed by atoms with van der Waals surface area (Å²) in [7, 11) is 0. The number of nitrogens with two attached hydrogens (primary N) is 1. The molecule has 4 nitrogen and oxygen atoms in total. The molecule has 0 saturated heterocycles. The molecule has 1 aromatic carbocycles. The molecule has 0 spiro atoms. The Kier molecular flexibility index (Phi) is 2.67. The van der Waals surface area contributed by atoms with Crippen molar-refractivity contribution in [1.82, 2.24) is 14.5 Å². The smallest absolute Gasteiger partial charge is 0.142 e. The maximum atomic E-state index is 13.3. The minimum Gasteiger partial charge on any atom is -0.397 e. The van der Waals surface area contributed by atoms with Crippen LogP contribution in [0.25, 0.3) is 22.4 Å². The second-order valence-electron chi connectivity index (χ2n) is 4.32. The lowest BCUT2D eigenvalue weighted by atomic mass is 10.2. The molecule has 3 aromatic rings. The van der Waals surface area contributed by atoms with E-state index in [4.69, 9.17) is 5.73 Å². The van der Waals surface area contributed by atoms with Crippen molar-refractivity contribution < 1.29 is 4.39 Å². The summed E-state index contributed by atoms with van der Waals surface area (Å²) in [6.07, 6.45) is 3.29. The molecule has 0 bridgehead atoms. The number of benzene rings is 1. The van der Waals surface area contributed by atoms with Gasteiger partial charge in [-0.25, -0.2) is 9.37 Å². The third-order valence-electron chi connectivity index (χ3n) is 3.04. The van der Waals surface area contributed by atoms with Gasteiger partial charge >= 0.3 is 0 Å². The largest absolute Gasteiger partial charge is 0.397 e. The predicted molar refractivity (Wildman–Crippen MR) is 73.0 cm³/mol. The first-order valence-electron chi connectivity index (χ1n) is 6.05. The summed E-state index contributed by atoms with van der Waals surface area (Å²) in [4.78, 5) is 8.55. The molecule has 0 fully saturated rings. The van der Waals surface area contributed by atoms with Gasteiger partial charge in [-0.2, -0.15) is 0 Å². The summed E-state index contributed by atoms with van der Waals surface area (Å²) in [5.74, 6) is 0.466. The van der Waals surface area contributed by atoms with Crippen LogP contribution in [0.15, 0.2) is 36.7 Å². The second-order valence-corrected chi connectivity index (χ2v) is 4.32. The first-order chi connectivity index (χ1) is 9.19. The molecule has 0 aliphatic carbocycles. The third kappa shape index (κ3) is 1.93. The van der Waals surface area contributed by atoms with Crippen molar-refractivity contribution in [2.45, 2.75) is 13.5 Å². The van der Waals surface area contributed by atoms with E-state index in [9.17, 15) is 4.39 Å². The summed E-state index contributed by atoms with van der Waals surface area (Å²) in [5.41, 5.74) is 8.70. The lowest BCUT2D eigenvalue weighted by molar-refractivity contribution is 0.629. The molecule has 0 aliphatic heterocycles. The third-order valence-corrected chi connectivity index (χ3v) is 3.04. The van der Waals surface area contributed by atoms with Crippen LogP contribution in [0.4, 0.5) is 10.1 Å². The van der Waals surface area contributed by atoms with E-state index < -0.39 is 0 Å². The molecular formula is C14H13FN4. The van der Waals surface area contributed by atoms with Crippen LogP contribution in [-0.4, -0.2) is 14.5 Å². The fraction of sp³-hybridized carbons (Fsp3) is 0.143. The zero-order valence-electron chi connectivity index (χ0n) is 10.5. The summed E-state index contributed by atoms with van der Waals surface area (Å²) in [6.45, 7) is 2.76. The molecular weight excluding hydrogens is 243 g/mol. The monoisotopic (exact) mass is 256 g/mol. The van der Waals surface area contributed by atoms with Crippen LogP contribution in [0.2, 0.25) is 0 Å². The topological polar surface area (TPSA) is 56.7 Å². The predicted octanol–water partition coefficient (Wildman–Crippen LogP) is 2.84. The number of hydrogen-bond acceptors (Lipinski definition) is 3. The first kappa shape index (κ1) is 11.6. The number of rotatable bonds is 2. The Hall–Kier alpha value is -2.43. The maximum Gasteiger partial charge on any atom is 0.142 e. The Labute approximate surface area is 109 Å². The van der Waals surface area contributed by atoms with Crippen LogP contribution in [0, 0.1) is 5.82 Å². The van der Waals surface area contributed by atoms with Gasteiger partial charge in [-0.05, 0) is 25.1 Å². The number of pyridine rings is 1. The summed E-state index contributed by atoms with van der Waals surface area (Å²) < 4.78 is 15.3. The van der Waals surface area contributed by atoms with Crippen LogP contribution < -0.4 is 5.73 Å². The van der Waals surface area contributed by atoms with Crippen molar-refractivity contribution in [2.75, 3.05) is 5.73 Å². The molecule has 0 atom stereocenters. The van der Waals surface area contributed by atoms with E-state index in [1.165, 1.54) is 12.1 Å². The lowest BCUT2D eigenvalue weighted by Crippen LogP contribution is -1.98. The Morgan fingerprint density at radius 1 is 1.26 bits per heavy atom. The van der Waals surface area contributed by atoms with Crippen molar-refractivity contribution in [3.8, 4) is 11.4 Å². The van der Waals surface area contributed by atoms with Crippen molar-refractivity contribution in [3.63, 3.8) is 0 Å². The minimum atomic E-state index is -0.287. The fourth-order valence-corrected chi connectivity index (χ4v) is 2.22. The number of aryl methyl sites for hydroxylation is 1. The average molecular weight is 256 g/mol. The summed E-state index contributed by atoms with van der Waals surface area (Å²) >= 11 is 0. The van der Waals surface area contributed by atoms with Gasteiger partial charge < -0.3 is 10.3 Å². The van der Waals surface area contributed by atoms with Crippen molar-refractivity contribution in [3.05, 3.63) is 42.5 Å². The van der Waals surface area contributed by atoms with Crippen molar-refractivity contribution in [1.29, 1.82) is 0 Å². The summed E-state index contributed by atoms with van der Waals surface area (Å²) in [6, 6.07) is 6.43. The van der Waals surface area contributed by atoms with Gasteiger partial charge in [0.25, 0.3) is 0 Å². The average Bonchev–Trinajstić information content (AvgIpc) is 2.76. The number of fused-ring (bicyclic) bond motifs is 1. The zero-order chi connectivity index (χ0) is 13.4. The lowest BCUT2D eigenvalue weighted by Gasteiger charge is -2.06. The van der Waals surface area contributed by atoms with Gasteiger partial charge in [0, 0.05) is 30.6 Å². The summed E-state index contributed by atoms with van der Waals surface area (Å²) in [5, 5.41) is 0. The van der Waals surface area contributed by atoms with Crippen LogP contribution in [0.5, 0.6) is 0 Å². The van der Waals surface area contributed by atoms with Gasteiger partial charge in [0.2, 0.25) is 0 Å². The van der Waals surface area contributed by atoms with E-state index in [-0.39, 0.29) is 5.82 Å². The van der Waals surface area contributed by atoms with Gasteiger partial charge in [-0.15, -0.1) is 0 Å².